The summed E-state index contributed by atoms with van der Waals surface area (Å²) >= 11 is 0. The van der Waals surface area contributed by atoms with Crippen LogP contribution in [0.15, 0.2) is 35.1 Å². The molecular formula is C17H19N5O5. The zero-order valence-electron chi connectivity index (χ0n) is 14.6. The molecule has 142 valence electrons. The van der Waals surface area contributed by atoms with E-state index in [1.165, 1.54) is 28.9 Å². The minimum absolute atomic E-state index is 0.156. The number of hydrogen-bond acceptors (Lipinski definition) is 7. The van der Waals surface area contributed by atoms with Gasteiger partial charge in [-0.15, -0.1) is 0 Å². The number of nitro benzene ring substituents is 1. The summed E-state index contributed by atoms with van der Waals surface area (Å²) in [5.41, 5.74) is -0.613. The third-order valence-corrected chi connectivity index (χ3v) is 4.46. The van der Waals surface area contributed by atoms with Crippen molar-refractivity contribution in [2.75, 3.05) is 19.6 Å². The monoisotopic (exact) mass is 373 g/mol. The number of aryl methyl sites for hydroxylation is 1. The molecule has 1 aromatic heterocycles. The van der Waals surface area contributed by atoms with Crippen molar-refractivity contribution in [2.45, 2.75) is 13.0 Å². The maximum absolute atomic E-state index is 12.4. The lowest BCUT2D eigenvalue weighted by Gasteiger charge is -2.15. The molecule has 2 heterocycles. The highest BCUT2D eigenvalue weighted by Gasteiger charge is 2.26. The quantitative estimate of drug-likeness (QED) is 0.485. The minimum Gasteiger partial charge on any atom is -0.391 e. The average molecular weight is 373 g/mol. The highest BCUT2D eigenvalue weighted by Crippen LogP contribution is 2.22. The van der Waals surface area contributed by atoms with E-state index in [-0.39, 0.29) is 29.5 Å². The highest BCUT2D eigenvalue weighted by molar-refractivity contribution is 5.92. The van der Waals surface area contributed by atoms with E-state index in [2.05, 4.69) is 15.7 Å². The summed E-state index contributed by atoms with van der Waals surface area (Å²) in [6.07, 6.45) is -0.570. The van der Waals surface area contributed by atoms with Crippen molar-refractivity contribution in [3.8, 4) is 5.69 Å². The third kappa shape index (κ3) is 3.86. The van der Waals surface area contributed by atoms with Crippen molar-refractivity contribution in [3.05, 3.63) is 62.1 Å². The van der Waals surface area contributed by atoms with Gasteiger partial charge in [-0.25, -0.2) is 4.68 Å². The van der Waals surface area contributed by atoms with Gasteiger partial charge in [0.15, 0.2) is 5.69 Å². The van der Waals surface area contributed by atoms with Gasteiger partial charge in [-0.2, -0.15) is 5.10 Å². The molecule has 0 radical (unpaired) electrons. The van der Waals surface area contributed by atoms with Gasteiger partial charge in [-0.05, 0) is 13.0 Å². The molecule has 2 unspecified atom stereocenters. The second-order valence-corrected chi connectivity index (χ2v) is 6.35. The molecule has 1 fully saturated rings. The predicted molar refractivity (Wildman–Crippen MR) is 95.9 cm³/mol. The Hall–Kier alpha value is -3.11. The van der Waals surface area contributed by atoms with Crippen LogP contribution in [-0.2, 0) is 0 Å². The van der Waals surface area contributed by atoms with Gasteiger partial charge in [-0.1, -0.05) is 12.1 Å². The second-order valence-electron chi connectivity index (χ2n) is 6.35. The summed E-state index contributed by atoms with van der Waals surface area (Å²) in [7, 11) is 0. The molecule has 2 aromatic rings. The van der Waals surface area contributed by atoms with E-state index in [1.807, 2.05) is 0 Å². The summed E-state index contributed by atoms with van der Waals surface area (Å²) in [6, 6.07) is 7.15. The summed E-state index contributed by atoms with van der Waals surface area (Å²) in [4.78, 5) is 35.3. The number of carbonyl (C=O) groups excluding carboxylic acids is 1. The van der Waals surface area contributed by atoms with Crippen molar-refractivity contribution in [1.29, 1.82) is 0 Å². The summed E-state index contributed by atoms with van der Waals surface area (Å²) in [6.45, 7) is 2.78. The van der Waals surface area contributed by atoms with E-state index in [0.717, 1.165) is 0 Å². The third-order valence-electron chi connectivity index (χ3n) is 4.46. The first-order valence-electron chi connectivity index (χ1n) is 8.40. The normalized spacial score (nSPS) is 19.0. The SMILES string of the molecule is Cc1cc(=O)c(C(=O)NCC2CNCC2O)nn1-c1ccccc1[N+](=O)[O-]. The number of nitrogens with one attached hydrogen (secondary N) is 2. The van der Waals surface area contributed by atoms with Gasteiger partial charge in [0.05, 0.1) is 11.0 Å². The first kappa shape index (κ1) is 18.7. The van der Waals surface area contributed by atoms with Crippen molar-refractivity contribution in [2.24, 2.45) is 5.92 Å². The Labute approximate surface area is 154 Å². The molecule has 1 aromatic carbocycles. The van der Waals surface area contributed by atoms with Crippen LogP contribution >= 0.6 is 0 Å². The number of aromatic nitrogens is 2. The topological polar surface area (TPSA) is 139 Å². The van der Waals surface area contributed by atoms with E-state index in [0.29, 0.717) is 18.8 Å². The molecular weight excluding hydrogens is 354 g/mol. The zero-order valence-corrected chi connectivity index (χ0v) is 14.6. The number of para-hydroxylation sites is 2. The molecule has 0 spiro atoms. The number of benzene rings is 1. The first-order chi connectivity index (χ1) is 12.9. The Morgan fingerprint density at radius 3 is 2.85 bits per heavy atom. The standard InChI is InChI=1S/C17H19N5O5/c1-10-6-14(23)16(17(25)19-8-11-7-18-9-15(11)24)20-21(10)12-4-2-3-5-13(12)22(26)27/h2-6,11,15,18,24H,7-9H2,1H3,(H,19,25). The zero-order chi connectivity index (χ0) is 19.6. The van der Waals surface area contributed by atoms with Crippen LogP contribution in [0.3, 0.4) is 0 Å². The Balaban J connectivity index is 1.92. The molecule has 1 aliphatic rings. The number of hydrogen-bond donors (Lipinski definition) is 3. The van der Waals surface area contributed by atoms with Crippen molar-refractivity contribution in [3.63, 3.8) is 0 Å². The molecule has 0 bridgehead atoms. The molecule has 10 nitrogen and oxygen atoms in total. The number of rotatable bonds is 5. The molecule has 0 aliphatic carbocycles. The number of carbonyl (C=O) groups is 1. The fourth-order valence-electron chi connectivity index (χ4n) is 2.98. The van der Waals surface area contributed by atoms with Crippen LogP contribution < -0.4 is 16.1 Å². The van der Waals surface area contributed by atoms with Gasteiger partial charge in [0, 0.05) is 43.4 Å². The fourth-order valence-corrected chi connectivity index (χ4v) is 2.98. The highest BCUT2D eigenvalue weighted by atomic mass is 16.6. The lowest BCUT2D eigenvalue weighted by Crippen LogP contribution is -2.37. The number of nitro groups is 1. The Bertz CT molecular complexity index is 942. The number of aliphatic hydroxyl groups is 1. The molecule has 2 atom stereocenters. The number of β-amino-alcohol motifs (C(OH)–C–C–N with tert-alkyl or cyclic N) is 1. The van der Waals surface area contributed by atoms with Crippen LogP contribution in [0.1, 0.15) is 16.2 Å². The molecule has 27 heavy (non-hydrogen) atoms. The predicted octanol–water partition coefficient (Wildman–Crippen LogP) is -0.241. The van der Waals surface area contributed by atoms with E-state index in [4.69, 9.17) is 0 Å². The lowest BCUT2D eigenvalue weighted by molar-refractivity contribution is -0.384. The number of amides is 1. The maximum atomic E-state index is 12.4. The van der Waals surface area contributed by atoms with Crippen LogP contribution in [0.4, 0.5) is 5.69 Å². The fraction of sp³-hybridized carbons (Fsp3) is 0.353. The van der Waals surface area contributed by atoms with Crippen molar-refractivity contribution >= 4 is 11.6 Å². The summed E-state index contributed by atoms with van der Waals surface area (Å²) < 4.78 is 1.21. The second kappa shape index (κ2) is 7.64. The van der Waals surface area contributed by atoms with Crippen molar-refractivity contribution in [1.82, 2.24) is 20.4 Å². The Morgan fingerprint density at radius 1 is 1.44 bits per heavy atom. The molecule has 0 saturated carbocycles. The summed E-state index contributed by atoms with van der Waals surface area (Å²) in [5.74, 6) is -0.844. The molecule has 1 amide bonds. The smallest absolute Gasteiger partial charge is 0.294 e. The van der Waals surface area contributed by atoms with Crippen molar-refractivity contribution < 1.29 is 14.8 Å². The van der Waals surface area contributed by atoms with Gasteiger partial charge < -0.3 is 15.7 Å². The lowest BCUT2D eigenvalue weighted by atomic mass is 10.1. The van der Waals surface area contributed by atoms with E-state index < -0.39 is 22.4 Å². The van der Waals surface area contributed by atoms with Gasteiger partial charge in [0.1, 0.15) is 5.69 Å². The molecule has 10 heteroatoms. The van der Waals surface area contributed by atoms with Gasteiger partial charge >= 0.3 is 0 Å². The minimum atomic E-state index is -0.688. The first-order valence-corrected chi connectivity index (χ1v) is 8.40. The average Bonchev–Trinajstić information content (AvgIpc) is 3.04. The largest absolute Gasteiger partial charge is 0.391 e. The Kier molecular flexibility index (Phi) is 5.28. The van der Waals surface area contributed by atoms with Crippen LogP contribution in [0.5, 0.6) is 0 Å². The molecule has 1 saturated heterocycles. The van der Waals surface area contributed by atoms with Gasteiger partial charge in [0.25, 0.3) is 11.6 Å². The van der Waals surface area contributed by atoms with E-state index in [1.54, 1.807) is 13.0 Å². The van der Waals surface area contributed by atoms with Crippen LogP contribution in [0, 0.1) is 23.0 Å². The maximum Gasteiger partial charge on any atom is 0.294 e. The molecule has 1 aliphatic heterocycles. The number of aliphatic hydroxyl groups excluding tert-OH is 1. The Morgan fingerprint density at radius 2 is 2.19 bits per heavy atom. The summed E-state index contributed by atoms with van der Waals surface area (Å²) in [5, 5.41) is 30.7. The van der Waals surface area contributed by atoms with E-state index in [9.17, 15) is 24.8 Å². The van der Waals surface area contributed by atoms with Gasteiger partial charge in [-0.3, -0.25) is 19.7 Å². The number of nitrogens with zero attached hydrogens (tertiary/aromatic N) is 3. The van der Waals surface area contributed by atoms with Crippen LogP contribution in [-0.4, -0.2) is 51.5 Å². The van der Waals surface area contributed by atoms with Crippen LogP contribution in [0.25, 0.3) is 5.69 Å². The molecule has 3 rings (SSSR count). The van der Waals surface area contributed by atoms with Crippen LogP contribution in [0.2, 0.25) is 0 Å². The van der Waals surface area contributed by atoms with E-state index >= 15 is 0 Å². The molecule has 3 N–H and O–H groups in total. The van der Waals surface area contributed by atoms with Gasteiger partial charge in [0.2, 0.25) is 5.43 Å².